The molecule has 8 heteroatoms. The van der Waals surface area contributed by atoms with Gasteiger partial charge in [0.2, 0.25) is 11.8 Å². The topological polar surface area (TPSA) is 98.7 Å². The van der Waals surface area contributed by atoms with E-state index in [-0.39, 0.29) is 0 Å². The summed E-state index contributed by atoms with van der Waals surface area (Å²) >= 11 is 0. The van der Waals surface area contributed by atoms with Crippen LogP contribution in [0.3, 0.4) is 0 Å². The van der Waals surface area contributed by atoms with Crippen LogP contribution < -0.4 is 10.5 Å². The first-order chi connectivity index (χ1) is 7.69. The van der Waals surface area contributed by atoms with Crippen LogP contribution in [0.2, 0.25) is 0 Å². The summed E-state index contributed by atoms with van der Waals surface area (Å²) in [4.78, 5) is 22.4. The summed E-state index contributed by atoms with van der Waals surface area (Å²) in [5.41, 5.74) is 0.602. The van der Waals surface area contributed by atoms with Crippen LogP contribution in [-0.2, 0) is 0 Å². The molecule has 0 heterocycles. The van der Waals surface area contributed by atoms with E-state index in [9.17, 15) is 9.59 Å². The Kier molecular flexibility index (Phi) is 4.56. The van der Waals surface area contributed by atoms with Crippen LogP contribution in [0, 0.1) is 0 Å². The SMILES string of the molecule is O=C(N[B]O)c1ccc(C(=O)N[B]O)cc1. The highest BCUT2D eigenvalue weighted by molar-refractivity contribution is 6.30. The lowest BCUT2D eigenvalue weighted by molar-refractivity contribution is 0.0965. The van der Waals surface area contributed by atoms with Crippen molar-refractivity contribution in [2.75, 3.05) is 0 Å². The van der Waals surface area contributed by atoms with Gasteiger partial charge in [-0.05, 0) is 24.3 Å². The summed E-state index contributed by atoms with van der Waals surface area (Å²) in [7, 11) is 1.06. The second-order valence-corrected chi connectivity index (χ2v) is 2.78. The Balaban J connectivity index is 2.75. The molecule has 0 atom stereocenters. The third-order valence-corrected chi connectivity index (χ3v) is 1.80. The predicted octanol–water partition coefficient (Wildman–Crippen LogP) is -1.80. The first-order valence-electron chi connectivity index (χ1n) is 4.32. The Morgan fingerprint density at radius 1 is 0.875 bits per heavy atom. The normalized spacial score (nSPS) is 9.12. The molecule has 0 saturated heterocycles. The van der Waals surface area contributed by atoms with Gasteiger partial charge in [0.1, 0.15) is 0 Å². The van der Waals surface area contributed by atoms with Gasteiger partial charge in [-0.25, -0.2) is 0 Å². The van der Waals surface area contributed by atoms with E-state index in [2.05, 4.69) is 10.5 Å². The zero-order valence-corrected chi connectivity index (χ0v) is 8.18. The molecule has 2 radical (unpaired) electrons. The Bertz CT molecular complexity index is 345. The molecule has 0 aliphatic rings. The first kappa shape index (κ1) is 12.3. The molecule has 0 bridgehead atoms. The van der Waals surface area contributed by atoms with Crippen molar-refractivity contribution in [3.8, 4) is 0 Å². The monoisotopic (exact) mass is 218 g/mol. The summed E-state index contributed by atoms with van der Waals surface area (Å²) < 4.78 is 0. The van der Waals surface area contributed by atoms with Crippen molar-refractivity contribution < 1.29 is 19.6 Å². The van der Waals surface area contributed by atoms with E-state index in [1.807, 2.05) is 0 Å². The van der Waals surface area contributed by atoms with Gasteiger partial charge < -0.3 is 20.5 Å². The standard InChI is InChI=1S/C8H8B2N2O4/c13-7(11-9-15)5-1-2-6(4-3-5)8(14)12-10-16/h1-4,15-16H,(H,11,13)(H,12,14). The molecule has 1 aromatic rings. The van der Waals surface area contributed by atoms with Gasteiger partial charge in [0.25, 0.3) is 0 Å². The van der Waals surface area contributed by atoms with Crippen LogP contribution >= 0.6 is 0 Å². The fourth-order valence-corrected chi connectivity index (χ4v) is 1.06. The van der Waals surface area contributed by atoms with Crippen molar-refractivity contribution >= 4 is 27.0 Å². The predicted molar refractivity (Wildman–Crippen MR) is 57.3 cm³/mol. The summed E-state index contributed by atoms with van der Waals surface area (Å²) in [5, 5.41) is 20.9. The molecule has 6 nitrogen and oxygen atoms in total. The molecule has 0 aliphatic heterocycles. The average Bonchev–Trinajstić information content (AvgIpc) is 2.30. The number of benzene rings is 1. The van der Waals surface area contributed by atoms with E-state index < -0.39 is 11.8 Å². The van der Waals surface area contributed by atoms with Crippen molar-refractivity contribution in [1.29, 1.82) is 0 Å². The summed E-state index contributed by atoms with van der Waals surface area (Å²) in [5.74, 6) is -0.966. The Morgan fingerprint density at radius 2 is 1.19 bits per heavy atom. The minimum Gasteiger partial charge on any atom is -0.435 e. The van der Waals surface area contributed by atoms with E-state index in [0.29, 0.717) is 26.4 Å². The van der Waals surface area contributed by atoms with Crippen molar-refractivity contribution in [2.45, 2.75) is 0 Å². The fourth-order valence-electron chi connectivity index (χ4n) is 1.06. The lowest BCUT2D eigenvalue weighted by atomic mass is 10.1. The number of carbonyl (C=O) groups is 2. The van der Waals surface area contributed by atoms with E-state index in [1.54, 1.807) is 0 Å². The molecule has 0 saturated carbocycles. The van der Waals surface area contributed by atoms with Crippen LogP contribution in [0.15, 0.2) is 24.3 Å². The number of nitrogens with one attached hydrogen (secondary N) is 2. The fraction of sp³-hybridized carbons (Fsp3) is 0. The van der Waals surface area contributed by atoms with Gasteiger partial charge in [0, 0.05) is 11.1 Å². The molecule has 0 spiro atoms. The number of hydrogen-bond acceptors (Lipinski definition) is 4. The van der Waals surface area contributed by atoms with Crippen molar-refractivity contribution in [1.82, 2.24) is 10.5 Å². The molecule has 1 rings (SSSR count). The van der Waals surface area contributed by atoms with Crippen molar-refractivity contribution in [3.05, 3.63) is 35.4 Å². The van der Waals surface area contributed by atoms with Crippen LogP contribution in [0.25, 0.3) is 0 Å². The van der Waals surface area contributed by atoms with Crippen LogP contribution in [0.5, 0.6) is 0 Å². The van der Waals surface area contributed by atoms with Crippen molar-refractivity contribution in [2.24, 2.45) is 0 Å². The van der Waals surface area contributed by atoms with Crippen LogP contribution in [-0.4, -0.2) is 37.1 Å². The lowest BCUT2D eigenvalue weighted by Crippen LogP contribution is -2.28. The molecular formula is C8H8B2N2O4. The molecule has 0 aromatic heterocycles. The largest absolute Gasteiger partial charge is 0.435 e. The molecule has 0 aliphatic carbocycles. The Hall–Kier alpha value is -1.79. The minimum absolute atomic E-state index is 0.301. The Morgan fingerprint density at radius 3 is 1.44 bits per heavy atom. The molecule has 80 valence electrons. The van der Waals surface area contributed by atoms with E-state index >= 15 is 0 Å². The highest BCUT2D eigenvalue weighted by Gasteiger charge is 2.08. The molecule has 0 unspecified atom stereocenters. The van der Waals surface area contributed by atoms with Gasteiger partial charge in [0.15, 0.2) is 0 Å². The Labute approximate surface area is 93.3 Å². The zero-order valence-electron chi connectivity index (χ0n) is 8.18. The quantitative estimate of drug-likeness (QED) is 0.448. The van der Waals surface area contributed by atoms with Crippen LogP contribution in [0.4, 0.5) is 0 Å². The summed E-state index contributed by atoms with van der Waals surface area (Å²) in [6.45, 7) is 0. The summed E-state index contributed by atoms with van der Waals surface area (Å²) in [6, 6.07) is 5.69. The maximum atomic E-state index is 11.2. The first-order valence-corrected chi connectivity index (χ1v) is 4.32. The number of hydrogen-bond donors (Lipinski definition) is 4. The molecule has 16 heavy (non-hydrogen) atoms. The van der Waals surface area contributed by atoms with Gasteiger partial charge in [-0.1, -0.05) is 0 Å². The highest BCUT2D eigenvalue weighted by Crippen LogP contribution is 2.04. The molecule has 4 N–H and O–H groups in total. The molecule has 0 fully saturated rings. The van der Waals surface area contributed by atoms with Gasteiger partial charge in [-0.2, -0.15) is 0 Å². The average molecular weight is 218 g/mol. The molecule has 2 amide bonds. The number of amides is 2. The third kappa shape index (κ3) is 3.11. The maximum Gasteiger partial charge on any atom is 0.435 e. The van der Waals surface area contributed by atoms with Gasteiger partial charge in [-0.3, -0.25) is 9.59 Å². The molecular weight excluding hydrogens is 210 g/mol. The van der Waals surface area contributed by atoms with E-state index in [4.69, 9.17) is 10.0 Å². The second-order valence-electron chi connectivity index (χ2n) is 2.78. The number of rotatable bonds is 4. The van der Waals surface area contributed by atoms with Gasteiger partial charge in [0.05, 0.1) is 0 Å². The lowest BCUT2D eigenvalue weighted by Gasteiger charge is -2.03. The van der Waals surface area contributed by atoms with Crippen LogP contribution in [0.1, 0.15) is 20.7 Å². The van der Waals surface area contributed by atoms with E-state index in [1.165, 1.54) is 24.3 Å². The maximum absolute atomic E-state index is 11.2. The molecule has 1 aromatic carbocycles. The smallest absolute Gasteiger partial charge is 0.435 e. The van der Waals surface area contributed by atoms with E-state index in [0.717, 1.165) is 0 Å². The zero-order chi connectivity index (χ0) is 12.0. The minimum atomic E-state index is -0.483. The van der Waals surface area contributed by atoms with Crippen molar-refractivity contribution in [3.63, 3.8) is 0 Å². The summed E-state index contributed by atoms with van der Waals surface area (Å²) in [6.07, 6.45) is 0. The second kappa shape index (κ2) is 5.94. The van der Waals surface area contributed by atoms with Gasteiger partial charge in [-0.15, -0.1) is 0 Å². The van der Waals surface area contributed by atoms with Gasteiger partial charge >= 0.3 is 15.2 Å². The highest BCUT2D eigenvalue weighted by atomic mass is 16.2. The third-order valence-electron chi connectivity index (χ3n) is 1.80. The number of carbonyl (C=O) groups excluding carboxylic acids is 2.